The molecule has 190 valence electrons. The summed E-state index contributed by atoms with van der Waals surface area (Å²) >= 11 is 1.99. The van der Waals surface area contributed by atoms with Crippen molar-refractivity contribution in [3.8, 4) is 5.75 Å². The molecule has 0 bridgehead atoms. The molecule has 1 fully saturated rings. The minimum absolute atomic E-state index is 0.311. The van der Waals surface area contributed by atoms with Crippen LogP contribution >= 0.6 is 23.1 Å². The molecular formula is C25H21N3O7S2. The Morgan fingerprint density at radius 2 is 1.89 bits per heavy atom. The van der Waals surface area contributed by atoms with Crippen molar-refractivity contribution in [3.05, 3.63) is 74.2 Å². The first-order chi connectivity index (χ1) is 17.7. The fourth-order valence-electron chi connectivity index (χ4n) is 4.63. The van der Waals surface area contributed by atoms with E-state index in [-0.39, 0.29) is 17.4 Å². The summed E-state index contributed by atoms with van der Waals surface area (Å²) in [6.07, 6.45) is 0. The van der Waals surface area contributed by atoms with Gasteiger partial charge in [-0.15, -0.1) is 0 Å². The van der Waals surface area contributed by atoms with Crippen LogP contribution in [-0.4, -0.2) is 57.1 Å². The van der Waals surface area contributed by atoms with Crippen molar-refractivity contribution in [1.82, 2.24) is 9.88 Å². The molecule has 2 unspecified atom stereocenters. The molecule has 3 amide bonds. The van der Waals surface area contributed by atoms with Crippen molar-refractivity contribution in [2.75, 3.05) is 18.5 Å². The van der Waals surface area contributed by atoms with Crippen LogP contribution in [0.4, 0.5) is 5.69 Å². The molecule has 1 aromatic heterocycles. The van der Waals surface area contributed by atoms with Gasteiger partial charge in [0.15, 0.2) is 6.61 Å². The summed E-state index contributed by atoms with van der Waals surface area (Å²) in [5.74, 6) is -4.26. The Bertz CT molecular complexity index is 1480. The third-order valence-electron chi connectivity index (χ3n) is 6.12. The zero-order valence-corrected chi connectivity index (χ0v) is 21.1. The Hall–Kier alpha value is -3.90. The van der Waals surface area contributed by atoms with Gasteiger partial charge in [-0.25, -0.2) is 0 Å². The molecule has 0 saturated carbocycles. The topological polar surface area (TPSA) is 146 Å². The first-order valence-electron chi connectivity index (χ1n) is 11.3. The Balaban J connectivity index is 1.46. The molecule has 0 aliphatic carbocycles. The second kappa shape index (κ2) is 9.87. The van der Waals surface area contributed by atoms with Crippen LogP contribution in [-0.2, 0) is 19.2 Å². The number of carbonyl (C=O) groups excluding carboxylic acids is 3. The van der Waals surface area contributed by atoms with Gasteiger partial charge in [-0.1, -0.05) is 53.4 Å². The number of para-hydroxylation sites is 1. The first-order valence-corrected chi connectivity index (χ1v) is 13.0. The van der Waals surface area contributed by atoms with Crippen LogP contribution in [0, 0.1) is 12.8 Å². The average molecular weight is 540 g/mol. The third-order valence-corrected chi connectivity index (χ3v) is 8.52. The number of carboxylic acids is 1. The molecule has 2 aliphatic rings. The minimum atomic E-state index is -1.30. The fourth-order valence-corrected chi connectivity index (χ4v) is 7.16. The van der Waals surface area contributed by atoms with E-state index in [9.17, 15) is 29.1 Å². The number of nitrogens with zero attached hydrogens (tertiary/aromatic N) is 1. The molecule has 3 atom stereocenters. The summed E-state index contributed by atoms with van der Waals surface area (Å²) in [6, 6.07) is 14.1. The van der Waals surface area contributed by atoms with E-state index in [1.165, 1.54) is 0 Å². The van der Waals surface area contributed by atoms with Gasteiger partial charge in [-0.3, -0.25) is 28.9 Å². The van der Waals surface area contributed by atoms with Gasteiger partial charge in [-0.2, -0.15) is 0 Å². The van der Waals surface area contributed by atoms with Crippen LogP contribution in [0.3, 0.4) is 0 Å². The van der Waals surface area contributed by atoms with Gasteiger partial charge >= 0.3 is 10.8 Å². The van der Waals surface area contributed by atoms with Crippen molar-refractivity contribution in [2.45, 2.75) is 23.1 Å². The number of H-pyrrole nitrogens is 1. The number of thioether (sulfide) groups is 1. The molecular weight excluding hydrogens is 518 g/mol. The number of amides is 3. The van der Waals surface area contributed by atoms with E-state index in [0.29, 0.717) is 26.9 Å². The maximum Gasteiger partial charge on any atom is 0.323 e. The number of carboxylic acid groups (broad SMARTS) is 1. The van der Waals surface area contributed by atoms with Crippen LogP contribution in [0.15, 0.2) is 58.4 Å². The zero-order chi connectivity index (χ0) is 26.3. The van der Waals surface area contributed by atoms with Gasteiger partial charge in [0, 0.05) is 22.0 Å². The van der Waals surface area contributed by atoms with E-state index < -0.39 is 41.4 Å². The number of aliphatic carboxylic acids is 1. The Labute approximate surface area is 218 Å². The number of benzene rings is 2. The largest absolute Gasteiger partial charge is 0.483 e. The summed E-state index contributed by atoms with van der Waals surface area (Å²) in [6.45, 7) is 0.864. The van der Waals surface area contributed by atoms with Gasteiger partial charge in [0.1, 0.15) is 17.5 Å². The highest BCUT2D eigenvalue weighted by Crippen LogP contribution is 2.53. The first kappa shape index (κ1) is 24.8. The Kier molecular flexibility index (Phi) is 6.61. The highest BCUT2D eigenvalue weighted by molar-refractivity contribution is 8.00. The van der Waals surface area contributed by atoms with E-state index in [1.54, 1.807) is 30.3 Å². The van der Waals surface area contributed by atoms with Crippen molar-refractivity contribution < 1.29 is 29.0 Å². The van der Waals surface area contributed by atoms with E-state index in [4.69, 9.17) is 4.74 Å². The van der Waals surface area contributed by atoms with Gasteiger partial charge in [0.05, 0.1) is 10.9 Å². The third kappa shape index (κ3) is 4.77. The van der Waals surface area contributed by atoms with Gasteiger partial charge < -0.3 is 20.1 Å². The van der Waals surface area contributed by atoms with Crippen LogP contribution in [0.2, 0.25) is 0 Å². The molecule has 5 rings (SSSR count). The zero-order valence-electron chi connectivity index (χ0n) is 19.4. The molecule has 2 aliphatic heterocycles. The smallest absolute Gasteiger partial charge is 0.323 e. The summed E-state index contributed by atoms with van der Waals surface area (Å²) in [7, 11) is 0. The molecule has 0 radical (unpaired) electrons. The fraction of sp³-hybridized carbons (Fsp3) is 0.240. The second-order valence-corrected chi connectivity index (χ2v) is 10.8. The molecule has 1 saturated heterocycles. The molecule has 3 heterocycles. The molecule has 10 nitrogen and oxygen atoms in total. The molecule has 12 heteroatoms. The number of aryl methyl sites for hydroxylation is 1. The number of thiazole rings is 1. The van der Waals surface area contributed by atoms with Gasteiger partial charge in [0.25, 0.3) is 5.91 Å². The summed E-state index contributed by atoms with van der Waals surface area (Å²) in [5, 5.41) is 11.6. The minimum Gasteiger partial charge on any atom is -0.483 e. The van der Waals surface area contributed by atoms with E-state index in [0.717, 1.165) is 33.6 Å². The number of imide groups is 1. The number of anilines is 1. The summed E-state index contributed by atoms with van der Waals surface area (Å²) < 4.78 is 5.87. The number of fused-ring (bicyclic) bond motifs is 2. The van der Waals surface area contributed by atoms with E-state index >= 15 is 0 Å². The molecule has 0 spiro atoms. The van der Waals surface area contributed by atoms with E-state index in [1.807, 2.05) is 25.1 Å². The summed E-state index contributed by atoms with van der Waals surface area (Å²) in [5.41, 5.74) is 2.14. The van der Waals surface area contributed by atoms with Crippen LogP contribution < -0.4 is 14.9 Å². The quantitative estimate of drug-likeness (QED) is 0.388. The van der Waals surface area contributed by atoms with Crippen molar-refractivity contribution in [2.24, 2.45) is 5.92 Å². The highest BCUT2D eigenvalue weighted by atomic mass is 32.2. The Morgan fingerprint density at radius 3 is 2.65 bits per heavy atom. The average Bonchev–Trinajstić information content (AvgIpc) is 3.33. The van der Waals surface area contributed by atoms with Gasteiger partial charge in [0.2, 0.25) is 11.8 Å². The molecule has 37 heavy (non-hydrogen) atoms. The van der Waals surface area contributed by atoms with Crippen LogP contribution in [0.5, 0.6) is 5.75 Å². The molecule has 3 N–H and O–H groups in total. The standard InChI is InChI=1S/C25H21N3O7S2/c1-12-5-4-6-13(9-12)26-16(29)11-35-15-8-3-2-7-14(15)18-19-21(36-22-20(18)37-25(34)27-22)24(33)28(23(19)32)10-17(30)31/h2-9,18-19,21H,10-11H2,1H3,(H,26,29)(H,27,34)(H,30,31)/t18-,19?,21?/m1/s1. The van der Waals surface area contributed by atoms with Crippen LogP contribution in [0.25, 0.3) is 0 Å². The lowest BCUT2D eigenvalue weighted by Gasteiger charge is -2.30. The van der Waals surface area contributed by atoms with Gasteiger partial charge in [-0.05, 0) is 30.7 Å². The number of likely N-dealkylation sites (tertiary alicyclic amines) is 1. The number of hydrogen-bond acceptors (Lipinski definition) is 8. The highest BCUT2D eigenvalue weighted by Gasteiger charge is 2.56. The molecule has 2 aromatic carbocycles. The number of carbonyl (C=O) groups is 4. The van der Waals surface area contributed by atoms with Crippen molar-refractivity contribution in [3.63, 3.8) is 0 Å². The summed E-state index contributed by atoms with van der Waals surface area (Å²) in [4.78, 5) is 66.2. The lowest BCUT2D eigenvalue weighted by Crippen LogP contribution is -2.36. The van der Waals surface area contributed by atoms with E-state index in [2.05, 4.69) is 10.3 Å². The molecule has 3 aromatic rings. The van der Waals surface area contributed by atoms with Crippen molar-refractivity contribution in [1.29, 1.82) is 0 Å². The number of aromatic nitrogens is 1. The maximum atomic E-state index is 13.3. The maximum absolute atomic E-state index is 13.3. The number of hydrogen-bond donors (Lipinski definition) is 3. The monoisotopic (exact) mass is 539 g/mol. The SMILES string of the molecule is Cc1cccc(NC(=O)COc2ccccc2[C@H]2c3sc(=O)[nH]c3SC3C(=O)N(CC(=O)O)C(=O)C32)c1. The lowest BCUT2D eigenvalue weighted by atomic mass is 9.82. The predicted molar refractivity (Wildman–Crippen MR) is 136 cm³/mol. The van der Waals surface area contributed by atoms with Crippen molar-refractivity contribution >= 4 is 52.5 Å². The predicted octanol–water partition coefficient (Wildman–Crippen LogP) is 2.44. The van der Waals surface area contributed by atoms with Crippen LogP contribution in [0.1, 0.15) is 21.9 Å². The lowest BCUT2D eigenvalue weighted by molar-refractivity contribution is -0.149. The number of aromatic amines is 1. The second-order valence-electron chi connectivity index (χ2n) is 8.65. The normalized spacial score (nSPS) is 20.4. The number of nitrogens with one attached hydrogen (secondary N) is 2. The number of rotatable bonds is 7. The number of ether oxygens (including phenoxy) is 1. The Morgan fingerprint density at radius 1 is 1.11 bits per heavy atom.